The lowest BCUT2D eigenvalue weighted by atomic mass is 9.85. The van der Waals surface area contributed by atoms with Crippen LogP contribution in [0.25, 0.3) is 11.0 Å². The number of nitrogens with one attached hydrogen (secondary N) is 2. The van der Waals surface area contributed by atoms with E-state index >= 15 is 0 Å². The highest BCUT2D eigenvalue weighted by atomic mass is 19.1. The molecule has 10 heteroatoms. The predicted molar refractivity (Wildman–Crippen MR) is 139 cm³/mol. The molecular weight excluding hydrogens is 479 g/mol. The molecule has 0 spiro atoms. The first kappa shape index (κ1) is 27.2. The molecule has 1 amide bonds. The Labute approximate surface area is 213 Å². The van der Waals surface area contributed by atoms with Crippen LogP contribution >= 0.6 is 0 Å². The van der Waals surface area contributed by atoms with Crippen LogP contribution in [0.15, 0.2) is 60.7 Å². The van der Waals surface area contributed by atoms with Gasteiger partial charge in [-0.25, -0.2) is 14.2 Å². The van der Waals surface area contributed by atoms with Crippen molar-refractivity contribution < 1.29 is 28.6 Å². The van der Waals surface area contributed by atoms with Gasteiger partial charge in [0.2, 0.25) is 5.82 Å². The third kappa shape index (κ3) is 6.62. The van der Waals surface area contributed by atoms with E-state index in [4.69, 9.17) is 20.3 Å². The molecule has 0 aliphatic heterocycles. The van der Waals surface area contributed by atoms with Crippen molar-refractivity contribution in [3.05, 3.63) is 83.4 Å². The second kappa shape index (κ2) is 11.5. The molecule has 0 atom stereocenters. The lowest BCUT2D eigenvalue weighted by molar-refractivity contribution is 0.0685. The molecule has 0 fully saturated rings. The summed E-state index contributed by atoms with van der Waals surface area (Å²) >= 11 is 0. The third-order valence-electron chi connectivity index (χ3n) is 5.73. The molecule has 37 heavy (non-hydrogen) atoms. The molecule has 0 bridgehead atoms. The molecule has 0 aliphatic carbocycles. The van der Waals surface area contributed by atoms with Gasteiger partial charge in [0.15, 0.2) is 11.5 Å². The Bertz CT molecular complexity index is 1400. The highest BCUT2D eigenvalue weighted by molar-refractivity contribution is 6.04. The number of imidazole rings is 1. The van der Waals surface area contributed by atoms with Gasteiger partial charge in [0, 0.05) is 23.2 Å². The summed E-state index contributed by atoms with van der Waals surface area (Å²) in [5.74, 6) is -0.861. The molecule has 0 saturated heterocycles. The first-order valence-corrected chi connectivity index (χ1v) is 11.3. The number of rotatable bonds is 7. The maximum Gasteiger partial charge on any atom is 0.371 e. The zero-order valence-electron chi connectivity index (χ0n) is 21.0. The van der Waals surface area contributed by atoms with Crippen LogP contribution in [-0.4, -0.2) is 47.7 Å². The molecule has 4 rings (SSSR count). The molecular formula is C27H29FN4O5. The number of carboxylic acids is 1. The van der Waals surface area contributed by atoms with Crippen LogP contribution in [-0.2, 0) is 5.41 Å². The smallest absolute Gasteiger partial charge is 0.371 e. The monoisotopic (exact) mass is 508 g/mol. The summed E-state index contributed by atoms with van der Waals surface area (Å²) in [5, 5.41) is 11.4. The Kier molecular flexibility index (Phi) is 8.46. The lowest BCUT2D eigenvalue weighted by Crippen LogP contribution is -2.27. The van der Waals surface area contributed by atoms with Gasteiger partial charge in [-0.1, -0.05) is 26.0 Å². The number of carbonyl (C=O) groups is 2. The first-order chi connectivity index (χ1) is 17.6. The predicted octanol–water partition coefficient (Wildman–Crippen LogP) is 4.59. The van der Waals surface area contributed by atoms with E-state index in [-0.39, 0.29) is 17.1 Å². The van der Waals surface area contributed by atoms with Crippen molar-refractivity contribution in [1.29, 1.82) is 0 Å². The highest BCUT2D eigenvalue weighted by Gasteiger charge is 2.18. The Balaban J connectivity index is 0.000000244. The van der Waals surface area contributed by atoms with Crippen molar-refractivity contribution in [2.75, 3.05) is 26.1 Å². The van der Waals surface area contributed by atoms with E-state index in [0.29, 0.717) is 34.6 Å². The summed E-state index contributed by atoms with van der Waals surface area (Å²) in [7, 11) is 3.10. The minimum Gasteiger partial charge on any atom is -0.493 e. The van der Waals surface area contributed by atoms with E-state index < -0.39 is 11.8 Å². The van der Waals surface area contributed by atoms with Crippen LogP contribution in [0.1, 0.15) is 40.4 Å². The molecule has 0 saturated carbocycles. The standard InChI is InChI=1S/C19H24N2O3.C8H5FN2O2/c1-19(2,12-20)14-6-8-15(9-7-14)21-18(22)13-5-10-16(23-3)17(11-13)24-4;9-4-1-2-5-6(3-4)11-7(10-5)8(12)13/h5-11H,12,20H2,1-4H3,(H,21,22);1-3H,(H,10,11)(H,12,13). The fraction of sp³-hybridized carbons (Fsp3) is 0.222. The number of H-pyrrole nitrogens is 1. The minimum absolute atomic E-state index is 0.0914. The van der Waals surface area contributed by atoms with Crippen molar-refractivity contribution in [2.45, 2.75) is 19.3 Å². The lowest BCUT2D eigenvalue weighted by Gasteiger charge is -2.23. The molecule has 1 aromatic heterocycles. The van der Waals surface area contributed by atoms with Gasteiger partial charge in [0.25, 0.3) is 5.91 Å². The van der Waals surface area contributed by atoms with Gasteiger partial charge in [-0.2, -0.15) is 0 Å². The number of hydrogen-bond donors (Lipinski definition) is 4. The fourth-order valence-corrected chi connectivity index (χ4v) is 3.39. The molecule has 0 unspecified atom stereocenters. The molecule has 5 N–H and O–H groups in total. The normalized spacial score (nSPS) is 10.9. The van der Waals surface area contributed by atoms with E-state index in [9.17, 15) is 14.0 Å². The van der Waals surface area contributed by atoms with E-state index in [2.05, 4.69) is 29.1 Å². The van der Waals surface area contributed by atoms with Crippen LogP contribution in [0.5, 0.6) is 11.5 Å². The fourth-order valence-electron chi connectivity index (χ4n) is 3.39. The van der Waals surface area contributed by atoms with Crippen LogP contribution in [0.3, 0.4) is 0 Å². The number of nitrogens with two attached hydrogens (primary N) is 1. The maximum absolute atomic E-state index is 12.7. The number of aromatic amines is 1. The van der Waals surface area contributed by atoms with Gasteiger partial charge >= 0.3 is 5.97 Å². The average Bonchev–Trinajstić information content (AvgIpc) is 3.32. The number of anilines is 1. The Morgan fingerprint density at radius 1 is 1.03 bits per heavy atom. The van der Waals surface area contributed by atoms with Gasteiger partial charge < -0.3 is 30.6 Å². The molecule has 9 nitrogen and oxygen atoms in total. The molecule has 0 aliphatic rings. The van der Waals surface area contributed by atoms with Crippen molar-refractivity contribution in [2.24, 2.45) is 5.73 Å². The summed E-state index contributed by atoms with van der Waals surface area (Å²) < 4.78 is 23.1. The number of hydrogen-bond acceptors (Lipinski definition) is 6. The number of amides is 1. The topological polar surface area (TPSA) is 140 Å². The number of benzene rings is 3. The quantitative estimate of drug-likeness (QED) is 0.286. The number of methoxy groups -OCH3 is 2. The zero-order valence-corrected chi connectivity index (χ0v) is 21.0. The first-order valence-electron chi connectivity index (χ1n) is 11.3. The van der Waals surface area contributed by atoms with Gasteiger partial charge in [-0.3, -0.25) is 4.79 Å². The zero-order chi connectivity index (χ0) is 27.2. The number of halogens is 1. The number of ether oxygens (including phenoxy) is 2. The maximum atomic E-state index is 12.7. The second-order valence-corrected chi connectivity index (χ2v) is 8.74. The summed E-state index contributed by atoms with van der Waals surface area (Å²) in [6.07, 6.45) is 0. The summed E-state index contributed by atoms with van der Waals surface area (Å²) in [6, 6.07) is 16.6. The van der Waals surface area contributed by atoms with E-state index in [1.807, 2.05) is 24.3 Å². The van der Waals surface area contributed by atoms with Crippen LogP contribution in [0, 0.1) is 5.82 Å². The summed E-state index contributed by atoms with van der Waals surface area (Å²) in [4.78, 5) is 29.1. The number of fused-ring (bicyclic) bond motifs is 1. The Morgan fingerprint density at radius 2 is 1.70 bits per heavy atom. The number of carboxylic acid groups (broad SMARTS) is 1. The Hall–Kier alpha value is -4.44. The molecule has 194 valence electrons. The van der Waals surface area contributed by atoms with Crippen molar-refractivity contribution >= 4 is 28.6 Å². The molecule has 0 radical (unpaired) electrons. The van der Waals surface area contributed by atoms with E-state index in [0.717, 1.165) is 11.3 Å². The van der Waals surface area contributed by atoms with Gasteiger partial charge in [-0.15, -0.1) is 0 Å². The highest BCUT2D eigenvalue weighted by Crippen LogP contribution is 2.28. The van der Waals surface area contributed by atoms with E-state index in [1.165, 1.54) is 25.3 Å². The van der Waals surface area contributed by atoms with Gasteiger partial charge in [0.1, 0.15) is 5.82 Å². The molecule has 3 aromatic carbocycles. The summed E-state index contributed by atoms with van der Waals surface area (Å²) in [5.41, 5.74) is 8.89. The van der Waals surface area contributed by atoms with Gasteiger partial charge in [0.05, 0.1) is 25.3 Å². The average molecular weight is 509 g/mol. The molecule has 4 aromatic rings. The number of aromatic nitrogens is 2. The number of nitrogens with zero attached hydrogens (tertiary/aromatic N) is 1. The minimum atomic E-state index is -1.16. The largest absolute Gasteiger partial charge is 0.493 e. The van der Waals surface area contributed by atoms with Gasteiger partial charge in [-0.05, 0) is 54.1 Å². The third-order valence-corrected chi connectivity index (χ3v) is 5.73. The number of aromatic carboxylic acids is 1. The van der Waals surface area contributed by atoms with Crippen molar-refractivity contribution in [3.8, 4) is 11.5 Å². The van der Waals surface area contributed by atoms with Crippen LogP contribution < -0.4 is 20.5 Å². The SMILES string of the molecule is COc1ccc(C(=O)Nc2ccc(C(C)(C)CN)cc2)cc1OC.O=C(O)c1nc2ccc(F)cc2[nH]1. The summed E-state index contributed by atoms with van der Waals surface area (Å²) in [6.45, 7) is 4.73. The molecule has 1 heterocycles. The van der Waals surface area contributed by atoms with Crippen molar-refractivity contribution in [1.82, 2.24) is 9.97 Å². The van der Waals surface area contributed by atoms with Crippen molar-refractivity contribution in [3.63, 3.8) is 0 Å². The Morgan fingerprint density at radius 3 is 2.30 bits per heavy atom. The second-order valence-electron chi connectivity index (χ2n) is 8.74. The number of carbonyl (C=O) groups excluding carboxylic acids is 1. The van der Waals surface area contributed by atoms with Crippen LogP contribution in [0.4, 0.5) is 10.1 Å². The van der Waals surface area contributed by atoms with Crippen LogP contribution in [0.2, 0.25) is 0 Å². The van der Waals surface area contributed by atoms with E-state index in [1.54, 1.807) is 25.3 Å².